The third kappa shape index (κ3) is 3.71. The van der Waals surface area contributed by atoms with Gasteiger partial charge in [0, 0.05) is 12.1 Å². The van der Waals surface area contributed by atoms with Crippen LogP contribution in [0.1, 0.15) is 26.3 Å². The summed E-state index contributed by atoms with van der Waals surface area (Å²) >= 11 is 0. The van der Waals surface area contributed by atoms with Crippen molar-refractivity contribution in [3.63, 3.8) is 0 Å². The van der Waals surface area contributed by atoms with Gasteiger partial charge in [0.25, 0.3) is 0 Å². The normalized spacial score (nSPS) is 11.8. The number of hydrogen-bond acceptors (Lipinski definition) is 3. The molecule has 2 rings (SSSR count). The molecular weight excluding hydrogens is 250 g/mol. The van der Waals surface area contributed by atoms with Crippen LogP contribution in [0.15, 0.2) is 36.4 Å². The summed E-state index contributed by atoms with van der Waals surface area (Å²) in [5, 5.41) is 2.34. The summed E-state index contributed by atoms with van der Waals surface area (Å²) in [7, 11) is 0. The van der Waals surface area contributed by atoms with Crippen molar-refractivity contribution in [1.29, 1.82) is 0 Å². The zero-order chi connectivity index (χ0) is 14.6. The number of hydrogen-bond donors (Lipinski definition) is 1. The van der Waals surface area contributed by atoms with Crippen LogP contribution in [0.25, 0.3) is 10.8 Å². The Balaban J connectivity index is 2.10. The number of fused-ring (bicyclic) bond motifs is 1. The van der Waals surface area contributed by atoms with E-state index in [4.69, 9.17) is 15.2 Å². The second-order valence-corrected chi connectivity index (χ2v) is 5.78. The summed E-state index contributed by atoms with van der Waals surface area (Å²) in [5.74, 6) is 0.851. The Labute approximate surface area is 120 Å². The van der Waals surface area contributed by atoms with Crippen LogP contribution >= 0.6 is 0 Å². The molecule has 3 heteroatoms. The van der Waals surface area contributed by atoms with Gasteiger partial charge in [-0.15, -0.1) is 0 Å². The number of benzene rings is 2. The molecule has 0 aliphatic rings. The van der Waals surface area contributed by atoms with Crippen molar-refractivity contribution >= 4 is 10.8 Å². The fourth-order valence-corrected chi connectivity index (χ4v) is 2.16. The van der Waals surface area contributed by atoms with Crippen molar-refractivity contribution in [2.24, 2.45) is 5.73 Å². The van der Waals surface area contributed by atoms with E-state index in [2.05, 4.69) is 18.2 Å². The maximum atomic E-state index is 5.88. The van der Waals surface area contributed by atoms with Crippen molar-refractivity contribution < 1.29 is 9.47 Å². The average molecular weight is 273 g/mol. The van der Waals surface area contributed by atoms with E-state index in [-0.39, 0.29) is 5.60 Å². The van der Waals surface area contributed by atoms with E-state index in [1.165, 1.54) is 5.39 Å². The minimum absolute atomic E-state index is 0.135. The quantitative estimate of drug-likeness (QED) is 0.848. The van der Waals surface area contributed by atoms with Gasteiger partial charge in [0.2, 0.25) is 0 Å². The maximum Gasteiger partial charge on any atom is 0.124 e. The monoisotopic (exact) mass is 273 g/mol. The Bertz CT molecular complexity index is 573. The lowest BCUT2D eigenvalue weighted by molar-refractivity contribution is -0.0163. The SMILES string of the molecule is CC(C)(C)OCCOc1ccc2ccccc2c1CN. The van der Waals surface area contributed by atoms with Gasteiger partial charge in [0.15, 0.2) is 0 Å². The van der Waals surface area contributed by atoms with E-state index in [9.17, 15) is 0 Å². The molecular formula is C17H23NO2. The zero-order valence-electron chi connectivity index (χ0n) is 12.5. The molecule has 0 heterocycles. The van der Waals surface area contributed by atoms with Crippen LogP contribution < -0.4 is 10.5 Å². The Morgan fingerprint density at radius 3 is 2.45 bits per heavy atom. The van der Waals surface area contributed by atoms with E-state index < -0.39 is 0 Å². The molecule has 0 spiro atoms. The molecule has 0 saturated carbocycles. The number of ether oxygens (including phenoxy) is 2. The smallest absolute Gasteiger partial charge is 0.124 e. The zero-order valence-corrected chi connectivity index (χ0v) is 12.5. The highest BCUT2D eigenvalue weighted by Crippen LogP contribution is 2.27. The first-order valence-corrected chi connectivity index (χ1v) is 6.99. The van der Waals surface area contributed by atoms with E-state index >= 15 is 0 Å². The molecule has 0 aromatic heterocycles. The Morgan fingerprint density at radius 1 is 1.00 bits per heavy atom. The number of nitrogens with two attached hydrogens (primary N) is 1. The number of rotatable bonds is 5. The summed E-state index contributed by atoms with van der Waals surface area (Å²) in [5.41, 5.74) is 6.80. The van der Waals surface area contributed by atoms with Crippen LogP contribution in [0.5, 0.6) is 5.75 Å². The Kier molecular flexibility index (Phi) is 4.63. The predicted octanol–water partition coefficient (Wildman–Crippen LogP) is 3.49. The van der Waals surface area contributed by atoms with E-state index in [0.717, 1.165) is 16.7 Å². The van der Waals surface area contributed by atoms with Gasteiger partial charge >= 0.3 is 0 Å². The molecule has 2 N–H and O–H groups in total. The summed E-state index contributed by atoms with van der Waals surface area (Å²) < 4.78 is 11.5. The standard InChI is InChI=1S/C17H23NO2/c1-17(2,3)20-11-10-19-16-9-8-13-6-4-5-7-14(13)15(16)12-18/h4-9H,10-12,18H2,1-3H3. The maximum absolute atomic E-state index is 5.88. The largest absolute Gasteiger partial charge is 0.491 e. The highest BCUT2D eigenvalue weighted by atomic mass is 16.5. The minimum atomic E-state index is -0.135. The molecule has 0 amide bonds. The van der Waals surface area contributed by atoms with Crippen LogP contribution in [0.3, 0.4) is 0 Å². The van der Waals surface area contributed by atoms with Gasteiger partial charge in [0.1, 0.15) is 12.4 Å². The average Bonchev–Trinajstić information content (AvgIpc) is 2.42. The van der Waals surface area contributed by atoms with Gasteiger partial charge in [-0.2, -0.15) is 0 Å². The lowest BCUT2D eigenvalue weighted by Gasteiger charge is -2.20. The van der Waals surface area contributed by atoms with E-state index in [0.29, 0.717) is 19.8 Å². The van der Waals surface area contributed by atoms with Gasteiger partial charge in [-0.25, -0.2) is 0 Å². The van der Waals surface area contributed by atoms with Crippen LogP contribution in [-0.4, -0.2) is 18.8 Å². The molecule has 3 nitrogen and oxygen atoms in total. The summed E-state index contributed by atoms with van der Waals surface area (Å²) in [6.07, 6.45) is 0. The molecule has 0 aliphatic heterocycles. The van der Waals surface area contributed by atoms with Gasteiger partial charge < -0.3 is 15.2 Å². The first-order chi connectivity index (χ1) is 9.51. The van der Waals surface area contributed by atoms with Crippen LogP contribution in [0, 0.1) is 0 Å². The van der Waals surface area contributed by atoms with Crippen LogP contribution in [-0.2, 0) is 11.3 Å². The molecule has 0 radical (unpaired) electrons. The molecule has 0 aliphatic carbocycles. The molecule has 2 aromatic carbocycles. The van der Waals surface area contributed by atoms with Gasteiger partial charge in [-0.05, 0) is 37.6 Å². The first kappa shape index (κ1) is 14.8. The molecule has 0 bridgehead atoms. The summed E-state index contributed by atoms with van der Waals surface area (Å²) in [4.78, 5) is 0. The topological polar surface area (TPSA) is 44.5 Å². The van der Waals surface area contributed by atoms with Crippen LogP contribution in [0.2, 0.25) is 0 Å². The molecule has 2 aromatic rings. The Morgan fingerprint density at radius 2 is 1.75 bits per heavy atom. The molecule has 0 atom stereocenters. The lowest BCUT2D eigenvalue weighted by atomic mass is 10.0. The molecule has 0 saturated heterocycles. The van der Waals surface area contributed by atoms with Crippen molar-refractivity contribution in [1.82, 2.24) is 0 Å². The third-order valence-electron chi connectivity index (χ3n) is 3.08. The lowest BCUT2D eigenvalue weighted by Crippen LogP contribution is -2.22. The summed E-state index contributed by atoms with van der Waals surface area (Å²) in [6, 6.07) is 12.3. The fourth-order valence-electron chi connectivity index (χ4n) is 2.16. The van der Waals surface area contributed by atoms with Gasteiger partial charge in [0.05, 0.1) is 12.2 Å². The van der Waals surface area contributed by atoms with Crippen molar-refractivity contribution in [2.75, 3.05) is 13.2 Å². The fraction of sp³-hybridized carbons (Fsp3) is 0.412. The molecule has 0 unspecified atom stereocenters. The van der Waals surface area contributed by atoms with Crippen molar-refractivity contribution in [2.45, 2.75) is 32.9 Å². The van der Waals surface area contributed by atoms with E-state index in [1.807, 2.05) is 39.0 Å². The minimum Gasteiger partial charge on any atom is -0.491 e. The van der Waals surface area contributed by atoms with Crippen molar-refractivity contribution in [3.8, 4) is 5.75 Å². The Hall–Kier alpha value is -1.58. The molecule has 108 valence electrons. The van der Waals surface area contributed by atoms with Crippen LogP contribution in [0.4, 0.5) is 0 Å². The van der Waals surface area contributed by atoms with E-state index in [1.54, 1.807) is 0 Å². The molecule has 20 heavy (non-hydrogen) atoms. The van der Waals surface area contributed by atoms with Gasteiger partial charge in [-0.1, -0.05) is 30.3 Å². The van der Waals surface area contributed by atoms with Crippen molar-refractivity contribution in [3.05, 3.63) is 42.0 Å². The third-order valence-corrected chi connectivity index (χ3v) is 3.08. The highest BCUT2D eigenvalue weighted by Gasteiger charge is 2.10. The summed E-state index contributed by atoms with van der Waals surface area (Å²) in [6.45, 7) is 7.68. The molecule has 0 fully saturated rings. The first-order valence-electron chi connectivity index (χ1n) is 6.99. The predicted molar refractivity (Wildman–Crippen MR) is 83.0 cm³/mol. The second-order valence-electron chi connectivity index (χ2n) is 5.78. The highest BCUT2D eigenvalue weighted by molar-refractivity contribution is 5.87. The van der Waals surface area contributed by atoms with Gasteiger partial charge in [-0.3, -0.25) is 0 Å². The second kappa shape index (κ2) is 6.25.